The van der Waals surface area contributed by atoms with Crippen LogP contribution in [0.3, 0.4) is 0 Å². The Morgan fingerprint density at radius 3 is 2.06 bits per heavy atom. The van der Waals surface area contributed by atoms with E-state index in [1.54, 1.807) is 19.2 Å². The number of ketones is 1. The SMILES string of the molecule is CC.CNC(Cc1ccc(C(C)=O)cc1)C(N)=O. The lowest BCUT2D eigenvalue weighted by molar-refractivity contribution is -0.119. The van der Waals surface area contributed by atoms with Gasteiger partial charge in [0.25, 0.3) is 0 Å². The first-order chi connectivity index (χ1) is 8.54. The van der Waals surface area contributed by atoms with Crippen molar-refractivity contribution in [2.24, 2.45) is 5.73 Å². The van der Waals surface area contributed by atoms with Crippen LogP contribution in [0.25, 0.3) is 0 Å². The number of rotatable bonds is 5. The molecule has 1 amide bonds. The number of hydrogen-bond donors (Lipinski definition) is 2. The quantitative estimate of drug-likeness (QED) is 0.778. The molecule has 1 rings (SSSR count). The standard InChI is InChI=1S/C12H16N2O2.C2H6/c1-8(15)10-5-3-9(4-6-10)7-11(14-2)12(13)16;1-2/h3-6,11,14H,7H2,1-2H3,(H2,13,16);1-2H3. The number of primary amides is 1. The van der Waals surface area contributed by atoms with Gasteiger partial charge < -0.3 is 11.1 Å². The van der Waals surface area contributed by atoms with Crippen LogP contribution in [0.2, 0.25) is 0 Å². The molecule has 4 heteroatoms. The number of carbonyl (C=O) groups is 2. The van der Waals surface area contributed by atoms with E-state index in [2.05, 4.69) is 5.32 Å². The van der Waals surface area contributed by atoms with Gasteiger partial charge in [-0.3, -0.25) is 9.59 Å². The number of Topliss-reactive ketones (excluding diaryl/α,β-unsaturated/α-hetero) is 1. The van der Waals surface area contributed by atoms with Gasteiger partial charge >= 0.3 is 0 Å². The Morgan fingerprint density at radius 2 is 1.72 bits per heavy atom. The van der Waals surface area contributed by atoms with Gasteiger partial charge in [0.2, 0.25) is 5.91 Å². The minimum absolute atomic E-state index is 0.0339. The maximum atomic E-state index is 11.1. The molecule has 100 valence electrons. The van der Waals surface area contributed by atoms with Crippen LogP contribution in [-0.4, -0.2) is 24.8 Å². The molecule has 1 unspecified atom stereocenters. The average Bonchev–Trinajstić information content (AvgIpc) is 2.38. The fraction of sp³-hybridized carbons (Fsp3) is 0.429. The van der Waals surface area contributed by atoms with Gasteiger partial charge in [-0.1, -0.05) is 38.1 Å². The molecule has 0 aliphatic carbocycles. The van der Waals surface area contributed by atoms with E-state index >= 15 is 0 Å². The Hall–Kier alpha value is -1.68. The van der Waals surface area contributed by atoms with Gasteiger partial charge in [0, 0.05) is 5.56 Å². The van der Waals surface area contributed by atoms with Crippen molar-refractivity contribution >= 4 is 11.7 Å². The van der Waals surface area contributed by atoms with Crippen LogP contribution in [0.15, 0.2) is 24.3 Å². The van der Waals surface area contributed by atoms with Crippen molar-refractivity contribution in [1.29, 1.82) is 0 Å². The molecule has 4 nitrogen and oxygen atoms in total. The Balaban J connectivity index is 0.00000137. The summed E-state index contributed by atoms with van der Waals surface area (Å²) in [5, 5.41) is 2.85. The molecule has 0 saturated carbocycles. The molecule has 1 atom stereocenters. The summed E-state index contributed by atoms with van der Waals surface area (Å²) in [4.78, 5) is 22.1. The zero-order valence-corrected chi connectivity index (χ0v) is 11.5. The molecule has 0 bridgehead atoms. The maximum Gasteiger partial charge on any atom is 0.234 e. The summed E-state index contributed by atoms with van der Waals surface area (Å²) in [6.45, 7) is 5.52. The number of nitrogens with one attached hydrogen (secondary N) is 1. The monoisotopic (exact) mass is 250 g/mol. The summed E-state index contributed by atoms with van der Waals surface area (Å²) in [7, 11) is 1.69. The number of benzene rings is 1. The van der Waals surface area contributed by atoms with E-state index < -0.39 is 0 Å². The minimum Gasteiger partial charge on any atom is -0.368 e. The predicted octanol–water partition coefficient (Wildman–Crippen LogP) is 1.53. The Bertz CT molecular complexity index is 385. The largest absolute Gasteiger partial charge is 0.368 e. The van der Waals surface area contributed by atoms with Crippen LogP contribution in [-0.2, 0) is 11.2 Å². The molecule has 0 heterocycles. The van der Waals surface area contributed by atoms with E-state index in [0.717, 1.165) is 5.56 Å². The van der Waals surface area contributed by atoms with Crippen molar-refractivity contribution < 1.29 is 9.59 Å². The highest BCUT2D eigenvalue weighted by Gasteiger charge is 2.13. The van der Waals surface area contributed by atoms with Crippen LogP contribution in [0.1, 0.15) is 36.7 Å². The average molecular weight is 250 g/mol. The van der Waals surface area contributed by atoms with Crippen molar-refractivity contribution in [2.45, 2.75) is 33.2 Å². The zero-order chi connectivity index (χ0) is 14.1. The molecule has 0 fully saturated rings. The molecule has 3 N–H and O–H groups in total. The summed E-state index contributed by atoms with van der Waals surface area (Å²) < 4.78 is 0. The number of carbonyl (C=O) groups excluding carboxylic acids is 2. The first kappa shape index (κ1) is 16.3. The summed E-state index contributed by atoms with van der Waals surface area (Å²) in [5.74, 6) is -0.343. The number of amides is 1. The van der Waals surface area contributed by atoms with Crippen molar-refractivity contribution in [3.05, 3.63) is 35.4 Å². The zero-order valence-electron chi connectivity index (χ0n) is 11.5. The third-order valence-corrected chi connectivity index (χ3v) is 2.49. The summed E-state index contributed by atoms with van der Waals surface area (Å²) in [5.41, 5.74) is 6.86. The molecule has 18 heavy (non-hydrogen) atoms. The van der Waals surface area contributed by atoms with Gasteiger partial charge in [-0.2, -0.15) is 0 Å². The fourth-order valence-corrected chi connectivity index (χ4v) is 1.46. The van der Waals surface area contributed by atoms with Crippen LogP contribution in [0.4, 0.5) is 0 Å². The normalized spacial score (nSPS) is 11.1. The number of hydrogen-bond acceptors (Lipinski definition) is 3. The van der Waals surface area contributed by atoms with Crippen molar-refractivity contribution in [2.75, 3.05) is 7.05 Å². The third kappa shape index (κ3) is 5.10. The smallest absolute Gasteiger partial charge is 0.234 e. The Morgan fingerprint density at radius 1 is 1.22 bits per heavy atom. The van der Waals surface area contributed by atoms with Gasteiger partial charge in [0.1, 0.15) is 0 Å². The second-order valence-corrected chi connectivity index (χ2v) is 3.70. The maximum absolute atomic E-state index is 11.1. The van der Waals surface area contributed by atoms with E-state index in [0.29, 0.717) is 12.0 Å². The highest BCUT2D eigenvalue weighted by molar-refractivity contribution is 5.94. The molecule has 0 aliphatic rings. The lowest BCUT2D eigenvalue weighted by Gasteiger charge is -2.12. The summed E-state index contributed by atoms with van der Waals surface area (Å²) in [6.07, 6.45) is 0.532. The predicted molar refractivity (Wildman–Crippen MR) is 73.5 cm³/mol. The molecule has 0 spiro atoms. The van der Waals surface area contributed by atoms with E-state index in [1.807, 2.05) is 26.0 Å². The van der Waals surface area contributed by atoms with Gasteiger partial charge in [0.15, 0.2) is 5.78 Å². The van der Waals surface area contributed by atoms with E-state index in [9.17, 15) is 9.59 Å². The summed E-state index contributed by atoms with van der Waals surface area (Å²) >= 11 is 0. The van der Waals surface area contributed by atoms with E-state index in [-0.39, 0.29) is 17.7 Å². The second-order valence-electron chi connectivity index (χ2n) is 3.70. The first-order valence-corrected chi connectivity index (χ1v) is 6.11. The van der Waals surface area contributed by atoms with Crippen molar-refractivity contribution in [3.8, 4) is 0 Å². The second kappa shape index (κ2) is 8.42. The topological polar surface area (TPSA) is 72.2 Å². The molecule has 0 saturated heterocycles. The van der Waals surface area contributed by atoms with E-state index in [4.69, 9.17) is 5.73 Å². The highest BCUT2D eigenvalue weighted by atomic mass is 16.1. The Labute approximate surface area is 109 Å². The lowest BCUT2D eigenvalue weighted by atomic mass is 10.0. The molecular formula is C14H22N2O2. The van der Waals surface area contributed by atoms with Crippen LogP contribution in [0, 0.1) is 0 Å². The molecule has 1 aromatic rings. The van der Waals surface area contributed by atoms with Gasteiger partial charge in [-0.25, -0.2) is 0 Å². The fourth-order valence-electron chi connectivity index (χ4n) is 1.46. The summed E-state index contributed by atoms with van der Waals surface area (Å²) in [6, 6.07) is 6.81. The van der Waals surface area contributed by atoms with E-state index in [1.165, 1.54) is 6.92 Å². The molecule has 0 aromatic heterocycles. The van der Waals surface area contributed by atoms with Gasteiger partial charge in [-0.15, -0.1) is 0 Å². The third-order valence-electron chi connectivity index (χ3n) is 2.49. The van der Waals surface area contributed by atoms with Crippen LogP contribution < -0.4 is 11.1 Å². The first-order valence-electron chi connectivity index (χ1n) is 6.11. The lowest BCUT2D eigenvalue weighted by Crippen LogP contribution is -2.40. The molecular weight excluding hydrogens is 228 g/mol. The van der Waals surface area contributed by atoms with Gasteiger partial charge in [-0.05, 0) is 26.0 Å². The molecule has 0 radical (unpaired) electrons. The Kier molecular flexibility index (Phi) is 7.63. The van der Waals surface area contributed by atoms with Crippen molar-refractivity contribution in [3.63, 3.8) is 0 Å². The molecule has 1 aromatic carbocycles. The highest BCUT2D eigenvalue weighted by Crippen LogP contribution is 2.07. The number of nitrogens with two attached hydrogens (primary N) is 1. The van der Waals surface area contributed by atoms with Crippen LogP contribution >= 0.6 is 0 Å². The van der Waals surface area contributed by atoms with Gasteiger partial charge in [0.05, 0.1) is 6.04 Å². The minimum atomic E-state index is -0.377. The molecule has 0 aliphatic heterocycles. The van der Waals surface area contributed by atoms with Crippen LogP contribution in [0.5, 0.6) is 0 Å². The van der Waals surface area contributed by atoms with Crippen molar-refractivity contribution in [1.82, 2.24) is 5.32 Å². The number of likely N-dealkylation sites (N-methyl/N-ethyl adjacent to an activating group) is 1.